The maximum atomic E-state index is 12.8. The fourth-order valence-electron chi connectivity index (χ4n) is 3.04. The lowest BCUT2D eigenvalue weighted by atomic mass is 10.1. The Labute approximate surface area is 194 Å². The van der Waals surface area contributed by atoms with E-state index >= 15 is 0 Å². The van der Waals surface area contributed by atoms with Crippen LogP contribution in [-0.2, 0) is 16.6 Å². The van der Waals surface area contributed by atoms with Crippen LogP contribution in [0.15, 0.2) is 96.6 Å². The van der Waals surface area contributed by atoms with Crippen LogP contribution in [-0.4, -0.2) is 33.4 Å². The average Bonchev–Trinajstić information content (AvgIpc) is 2.82. The number of benzene rings is 3. The molecule has 0 spiro atoms. The van der Waals surface area contributed by atoms with Gasteiger partial charge in [0, 0.05) is 0 Å². The predicted molar refractivity (Wildman–Crippen MR) is 131 cm³/mol. The van der Waals surface area contributed by atoms with Crippen LogP contribution in [0.4, 0.5) is 5.69 Å². The molecule has 8 heteroatoms. The van der Waals surface area contributed by atoms with Crippen LogP contribution in [0, 0.1) is 0 Å². The monoisotopic (exact) mass is 463 g/mol. The predicted octanol–water partition coefficient (Wildman–Crippen LogP) is 3.98. The number of ether oxygens (including phenoxy) is 1. The average molecular weight is 464 g/mol. The summed E-state index contributed by atoms with van der Waals surface area (Å²) < 4.78 is 31.7. The molecule has 33 heavy (non-hydrogen) atoms. The van der Waals surface area contributed by atoms with E-state index in [2.05, 4.69) is 17.1 Å². The fraction of sp³-hybridized carbons (Fsp3) is 0.120. The van der Waals surface area contributed by atoms with Gasteiger partial charge in [-0.2, -0.15) is 5.10 Å². The van der Waals surface area contributed by atoms with Crippen LogP contribution in [0.25, 0.3) is 0 Å². The van der Waals surface area contributed by atoms with Gasteiger partial charge in [-0.1, -0.05) is 55.1 Å². The van der Waals surface area contributed by atoms with Crippen molar-refractivity contribution in [2.24, 2.45) is 5.10 Å². The maximum Gasteiger partial charge on any atom is 0.273 e. The molecule has 0 radical (unpaired) electrons. The normalized spacial score (nSPS) is 11.2. The molecule has 1 N–H and O–H groups in total. The largest absolute Gasteiger partial charge is 0.490 e. The third-order valence-corrected chi connectivity index (χ3v) is 5.74. The molecule has 7 nitrogen and oxygen atoms in total. The van der Waals surface area contributed by atoms with E-state index < -0.39 is 15.9 Å². The molecule has 0 bridgehead atoms. The second-order valence-corrected chi connectivity index (χ2v) is 9.05. The number of hydrogen-bond donors (Lipinski definition) is 1. The molecule has 0 saturated heterocycles. The van der Waals surface area contributed by atoms with E-state index in [4.69, 9.17) is 4.74 Å². The van der Waals surface area contributed by atoms with Crippen molar-refractivity contribution in [2.75, 3.05) is 17.2 Å². The summed E-state index contributed by atoms with van der Waals surface area (Å²) in [6, 6.07) is 22.9. The van der Waals surface area contributed by atoms with Gasteiger partial charge in [0.25, 0.3) is 5.91 Å². The maximum absolute atomic E-state index is 12.8. The molecule has 1 amide bonds. The number of anilines is 1. The first kappa shape index (κ1) is 23.7. The van der Waals surface area contributed by atoms with Gasteiger partial charge in [0.2, 0.25) is 10.0 Å². The molecule has 0 unspecified atom stereocenters. The van der Waals surface area contributed by atoms with E-state index in [1.165, 1.54) is 10.5 Å². The first-order valence-corrected chi connectivity index (χ1v) is 12.0. The topological polar surface area (TPSA) is 88.1 Å². The zero-order valence-electron chi connectivity index (χ0n) is 18.2. The van der Waals surface area contributed by atoms with E-state index in [0.29, 0.717) is 12.4 Å². The minimum atomic E-state index is -3.65. The molecule has 0 aliphatic carbocycles. The van der Waals surface area contributed by atoms with Crippen molar-refractivity contribution in [3.05, 3.63) is 108 Å². The van der Waals surface area contributed by atoms with E-state index in [-0.39, 0.29) is 17.8 Å². The van der Waals surface area contributed by atoms with Gasteiger partial charge in [0.15, 0.2) is 0 Å². The van der Waals surface area contributed by atoms with Gasteiger partial charge < -0.3 is 4.74 Å². The van der Waals surface area contributed by atoms with Crippen molar-refractivity contribution < 1.29 is 17.9 Å². The van der Waals surface area contributed by atoms with Crippen LogP contribution in [0.5, 0.6) is 5.75 Å². The number of hydrogen-bond acceptors (Lipinski definition) is 5. The van der Waals surface area contributed by atoms with Gasteiger partial charge in [-0.15, -0.1) is 0 Å². The zero-order valence-corrected chi connectivity index (χ0v) is 19.0. The Kier molecular flexibility index (Phi) is 7.99. The summed E-state index contributed by atoms with van der Waals surface area (Å²) >= 11 is 0. The second-order valence-electron chi connectivity index (χ2n) is 7.14. The summed E-state index contributed by atoms with van der Waals surface area (Å²) in [4.78, 5) is 12.8. The lowest BCUT2D eigenvalue weighted by Gasteiger charge is -2.24. The first-order chi connectivity index (χ1) is 15.9. The molecule has 0 aliphatic rings. The quantitative estimate of drug-likeness (QED) is 0.280. The Bertz CT molecular complexity index is 1220. The summed E-state index contributed by atoms with van der Waals surface area (Å²) in [5, 5.41) is 4.01. The summed E-state index contributed by atoms with van der Waals surface area (Å²) in [6.07, 6.45) is 4.27. The van der Waals surface area contributed by atoms with Crippen molar-refractivity contribution in [1.82, 2.24) is 5.43 Å². The van der Waals surface area contributed by atoms with E-state index in [1.807, 2.05) is 30.3 Å². The Balaban J connectivity index is 1.77. The smallest absolute Gasteiger partial charge is 0.273 e. The van der Waals surface area contributed by atoms with E-state index in [0.717, 1.165) is 17.4 Å². The fourth-order valence-corrected chi connectivity index (χ4v) is 3.94. The Hall–Kier alpha value is -3.91. The van der Waals surface area contributed by atoms with E-state index in [1.54, 1.807) is 54.6 Å². The Morgan fingerprint density at radius 2 is 1.70 bits per heavy atom. The molecule has 3 aromatic rings. The number of nitrogens with one attached hydrogen (secondary N) is 1. The van der Waals surface area contributed by atoms with Crippen molar-refractivity contribution >= 4 is 27.8 Å². The van der Waals surface area contributed by atoms with Crippen LogP contribution in [0.1, 0.15) is 21.5 Å². The highest BCUT2D eigenvalue weighted by Crippen LogP contribution is 2.25. The highest BCUT2D eigenvalue weighted by molar-refractivity contribution is 7.92. The van der Waals surface area contributed by atoms with Crippen molar-refractivity contribution in [2.45, 2.75) is 6.54 Å². The standard InChI is InChI=1S/C25H25N3O4S/c1-3-17-32-22-15-13-20(14-16-22)18-26-27-25(29)23-11-7-8-12-24(23)28(33(2,30)31)19-21-9-5-4-6-10-21/h3-16,18H,1,17,19H2,2H3,(H,27,29)/b26-18+. The summed E-state index contributed by atoms with van der Waals surface area (Å²) in [5.41, 5.74) is 4.51. The SMILES string of the molecule is C=CCOc1ccc(/C=N/NC(=O)c2ccccc2N(Cc2ccccc2)S(C)(=O)=O)cc1. The number of carbonyl (C=O) groups is 1. The van der Waals surface area contributed by atoms with Crippen LogP contribution < -0.4 is 14.5 Å². The Morgan fingerprint density at radius 3 is 2.36 bits per heavy atom. The number of para-hydroxylation sites is 1. The molecule has 0 atom stereocenters. The molecule has 0 fully saturated rings. The van der Waals surface area contributed by atoms with Gasteiger partial charge in [-0.05, 0) is 47.5 Å². The minimum absolute atomic E-state index is 0.105. The number of hydrazone groups is 1. The summed E-state index contributed by atoms with van der Waals surface area (Å²) in [5.74, 6) is 0.179. The van der Waals surface area contributed by atoms with Gasteiger partial charge >= 0.3 is 0 Å². The van der Waals surface area contributed by atoms with Crippen molar-refractivity contribution in [3.8, 4) is 5.75 Å². The number of amides is 1. The van der Waals surface area contributed by atoms with Gasteiger partial charge in [0.05, 0.1) is 30.3 Å². The lowest BCUT2D eigenvalue weighted by Crippen LogP contribution is -2.32. The highest BCUT2D eigenvalue weighted by atomic mass is 32.2. The molecular formula is C25H25N3O4S. The zero-order chi connectivity index (χ0) is 23.7. The molecule has 0 aliphatic heterocycles. The minimum Gasteiger partial charge on any atom is -0.490 e. The van der Waals surface area contributed by atoms with Crippen molar-refractivity contribution in [3.63, 3.8) is 0 Å². The molecule has 0 saturated carbocycles. The first-order valence-electron chi connectivity index (χ1n) is 10.2. The van der Waals surface area contributed by atoms with Crippen LogP contribution in [0.3, 0.4) is 0 Å². The van der Waals surface area contributed by atoms with Crippen LogP contribution in [0.2, 0.25) is 0 Å². The molecule has 3 aromatic carbocycles. The number of rotatable bonds is 10. The van der Waals surface area contributed by atoms with Crippen molar-refractivity contribution in [1.29, 1.82) is 0 Å². The number of sulfonamides is 1. The summed E-state index contributed by atoms with van der Waals surface area (Å²) in [6.45, 7) is 4.12. The van der Waals surface area contributed by atoms with E-state index in [9.17, 15) is 13.2 Å². The van der Waals surface area contributed by atoms with Gasteiger partial charge in [-0.3, -0.25) is 9.10 Å². The molecule has 0 heterocycles. The van der Waals surface area contributed by atoms with Gasteiger partial charge in [0.1, 0.15) is 12.4 Å². The molecular weight excluding hydrogens is 438 g/mol. The molecule has 170 valence electrons. The van der Waals surface area contributed by atoms with Crippen LogP contribution >= 0.6 is 0 Å². The molecule has 0 aromatic heterocycles. The molecule has 3 rings (SSSR count). The third kappa shape index (κ3) is 6.78. The second kappa shape index (κ2) is 11.1. The lowest BCUT2D eigenvalue weighted by molar-refractivity contribution is 0.0956. The highest BCUT2D eigenvalue weighted by Gasteiger charge is 2.23. The Morgan fingerprint density at radius 1 is 1.03 bits per heavy atom. The third-order valence-electron chi connectivity index (χ3n) is 4.61. The number of nitrogens with zero attached hydrogens (tertiary/aromatic N) is 2. The summed E-state index contributed by atoms with van der Waals surface area (Å²) in [7, 11) is -3.65. The number of carbonyl (C=O) groups excluding carboxylic acids is 1. The van der Waals surface area contributed by atoms with Gasteiger partial charge in [-0.25, -0.2) is 13.8 Å².